The van der Waals surface area contributed by atoms with Gasteiger partial charge >= 0.3 is 5.97 Å². The molecule has 0 amide bonds. The lowest BCUT2D eigenvalue weighted by atomic mass is 10.1. The molecule has 0 heterocycles. The molecule has 0 unspecified atom stereocenters. The van der Waals surface area contributed by atoms with E-state index in [4.69, 9.17) is 10.5 Å². The maximum atomic E-state index is 11.2. The summed E-state index contributed by atoms with van der Waals surface area (Å²) in [5, 5.41) is 0. The molecule has 2 N–H and O–H groups in total. The van der Waals surface area contributed by atoms with Crippen LogP contribution in [0.25, 0.3) is 0 Å². The molecule has 0 aliphatic heterocycles. The van der Waals surface area contributed by atoms with Gasteiger partial charge in [0.15, 0.2) is 0 Å². The molecule has 0 aromatic rings. The molecular formula is C9H18ClNO3. The van der Waals surface area contributed by atoms with E-state index in [-0.39, 0.29) is 30.4 Å². The lowest BCUT2D eigenvalue weighted by molar-refractivity contribution is -0.145. The van der Waals surface area contributed by atoms with E-state index in [9.17, 15) is 4.79 Å². The number of rotatable bonds is 3. The van der Waals surface area contributed by atoms with Crippen LogP contribution in [-0.4, -0.2) is 32.8 Å². The Kier molecular flexibility index (Phi) is 6.08. The first-order valence-corrected chi connectivity index (χ1v) is 4.53. The zero-order valence-electron chi connectivity index (χ0n) is 8.56. The summed E-state index contributed by atoms with van der Waals surface area (Å²) >= 11 is 0. The number of hydrogen-bond acceptors (Lipinski definition) is 4. The number of methoxy groups -OCH3 is 2. The van der Waals surface area contributed by atoms with Crippen LogP contribution in [0.5, 0.6) is 0 Å². The fraction of sp³-hybridized carbons (Fsp3) is 0.889. The van der Waals surface area contributed by atoms with E-state index >= 15 is 0 Å². The molecule has 3 atom stereocenters. The van der Waals surface area contributed by atoms with Gasteiger partial charge in [-0.05, 0) is 25.3 Å². The Balaban J connectivity index is 0.00000169. The number of nitrogens with two attached hydrogens (primary N) is 1. The third kappa shape index (κ3) is 2.83. The number of carbonyl (C=O) groups excluding carboxylic acids is 1. The van der Waals surface area contributed by atoms with E-state index in [1.54, 1.807) is 7.11 Å². The molecule has 1 rings (SSSR count). The Morgan fingerprint density at radius 1 is 1.43 bits per heavy atom. The summed E-state index contributed by atoms with van der Waals surface area (Å²) in [5.41, 5.74) is 5.57. The third-order valence-corrected chi connectivity index (χ3v) is 2.77. The van der Waals surface area contributed by atoms with Crippen molar-refractivity contribution < 1.29 is 14.3 Å². The fourth-order valence-electron chi connectivity index (χ4n) is 1.98. The SMILES string of the molecule is COC(=O)[C@H]1C[C@H](CN)[C@@H](OC)C1.Cl. The van der Waals surface area contributed by atoms with Gasteiger partial charge in [0.25, 0.3) is 0 Å². The highest BCUT2D eigenvalue weighted by molar-refractivity contribution is 5.85. The van der Waals surface area contributed by atoms with Gasteiger partial charge in [-0.3, -0.25) is 4.79 Å². The van der Waals surface area contributed by atoms with Crippen molar-refractivity contribution in [2.75, 3.05) is 20.8 Å². The molecule has 0 spiro atoms. The minimum Gasteiger partial charge on any atom is -0.469 e. The highest BCUT2D eigenvalue weighted by Crippen LogP contribution is 2.33. The van der Waals surface area contributed by atoms with Crippen LogP contribution >= 0.6 is 12.4 Å². The van der Waals surface area contributed by atoms with Crippen LogP contribution in [0.1, 0.15) is 12.8 Å². The van der Waals surface area contributed by atoms with Crippen LogP contribution in [0, 0.1) is 11.8 Å². The van der Waals surface area contributed by atoms with Crippen LogP contribution in [0.4, 0.5) is 0 Å². The Hall–Kier alpha value is -0.320. The van der Waals surface area contributed by atoms with Gasteiger partial charge in [0, 0.05) is 7.11 Å². The Morgan fingerprint density at radius 2 is 2.07 bits per heavy atom. The summed E-state index contributed by atoms with van der Waals surface area (Å²) in [6.45, 7) is 0.575. The zero-order chi connectivity index (χ0) is 9.84. The number of hydrogen-bond donors (Lipinski definition) is 1. The molecule has 5 heteroatoms. The summed E-state index contributed by atoms with van der Waals surface area (Å²) in [7, 11) is 3.08. The van der Waals surface area contributed by atoms with Gasteiger partial charge in [-0.15, -0.1) is 12.4 Å². The smallest absolute Gasteiger partial charge is 0.308 e. The molecule has 1 saturated carbocycles. The monoisotopic (exact) mass is 223 g/mol. The molecule has 0 aromatic carbocycles. The second kappa shape index (κ2) is 6.22. The molecular weight excluding hydrogens is 206 g/mol. The maximum Gasteiger partial charge on any atom is 0.308 e. The summed E-state index contributed by atoms with van der Waals surface area (Å²) in [5.74, 6) is 0.135. The van der Waals surface area contributed by atoms with Crippen molar-refractivity contribution in [2.24, 2.45) is 17.6 Å². The lowest BCUT2D eigenvalue weighted by Crippen LogP contribution is -2.23. The summed E-state index contributed by atoms with van der Waals surface area (Å²) < 4.78 is 9.94. The first-order chi connectivity index (χ1) is 6.22. The van der Waals surface area contributed by atoms with Crippen molar-refractivity contribution in [3.05, 3.63) is 0 Å². The van der Waals surface area contributed by atoms with Crippen LogP contribution in [0.2, 0.25) is 0 Å². The molecule has 0 aromatic heterocycles. The molecule has 1 aliphatic carbocycles. The largest absolute Gasteiger partial charge is 0.469 e. The first kappa shape index (κ1) is 13.7. The number of halogens is 1. The molecule has 0 bridgehead atoms. The van der Waals surface area contributed by atoms with Gasteiger partial charge in [0.2, 0.25) is 0 Å². The van der Waals surface area contributed by atoms with E-state index < -0.39 is 0 Å². The molecule has 1 aliphatic rings. The summed E-state index contributed by atoms with van der Waals surface area (Å²) in [6.07, 6.45) is 1.65. The number of esters is 1. The van der Waals surface area contributed by atoms with Crippen molar-refractivity contribution >= 4 is 18.4 Å². The average Bonchev–Trinajstić information content (AvgIpc) is 2.59. The average molecular weight is 224 g/mol. The van der Waals surface area contributed by atoms with Crippen LogP contribution < -0.4 is 5.73 Å². The number of ether oxygens (including phenoxy) is 2. The van der Waals surface area contributed by atoms with Crippen LogP contribution in [0.3, 0.4) is 0 Å². The van der Waals surface area contributed by atoms with Crippen molar-refractivity contribution in [3.8, 4) is 0 Å². The van der Waals surface area contributed by atoms with Gasteiger partial charge in [-0.2, -0.15) is 0 Å². The molecule has 14 heavy (non-hydrogen) atoms. The van der Waals surface area contributed by atoms with E-state index in [0.29, 0.717) is 12.5 Å². The first-order valence-electron chi connectivity index (χ1n) is 4.53. The Bertz CT molecular complexity index is 177. The fourth-order valence-corrected chi connectivity index (χ4v) is 1.98. The van der Waals surface area contributed by atoms with Crippen molar-refractivity contribution in [3.63, 3.8) is 0 Å². The molecule has 1 fully saturated rings. The summed E-state index contributed by atoms with van der Waals surface area (Å²) in [4.78, 5) is 11.2. The van der Waals surface area contributed by atoms with Gasteiger partial charge in [-0.25, -0.2) is 0 Å². The van der Waals surface area contributed by atoms with Crippen LogP contribution in [0.15, 0.2) is 0 Å². The second-order valence-corrected chi connectivity index (χ2v) is 3.46. The van der Waals surface area contributed by atoms with E-state index in [2.05, 4.69) is 4.74 Å². The normalized spacial score (nSPS) is 30.9. The van der Waals surface area contributed by atoms with Crippen molar-refractivity contribution in [1.82, 2.24) is 0 Å². The van der Waals surface area contributed by atoms with Crippen molar-refractivity contribution in [1.29, 1.82) is 0 Å². The van der Waals surface area contributed by atoms with E-state index in [1.807, 2.05) is 0 Å². The minimum absolute atomic E-state index is 0. The minimum atomic E-state index is -0.141. The van der Waals surface area contributed by atoms with Crippen LogP contribution in [-0.2, 0) is 14.3 Å². The van der Waals surface area contributed by atoms with Gasteiger partial charge < -0.3 is 15.2 Å². The summed E-state index contributed by atoms with van der Waals surface area (Å²) in [6, 6.07) is 0. The Morgan fingerprint density at radius 3 is 2.43 bits per heavy atom. The van der Waals surface area contributed by atoms with Gasteiger partial charge in [-0.1, -0.05) is 0 Å². The molecule has 84 valence electrons. The second-order valence-electron chi connectivity index (χ2n) is 3.46. The number of carbonyl (C=O) groups is 1. The molecule has 0 saturated heterocycles. The predicted octanol–water partition coefficient (Wildman–Crippen LogP) is 0.581. The molecule has 4 nitrogen and oxygen atoms in total. The standard InChI is InChI=1S/C9H17NO3.ClH/c1-12-8-4-6(9(11)13-2)3-7(8)5-10;/h6-8H,3-5,10H2,1-2H3;1H/t6-,7+,8-;/m0./s1. The highest BCUT2D eigenvalue weighted by Gasteiger charge is 2.37. The predicted molar refractivity (Wildman–Crippen MR) is 55.3 cm³/mol. The lowest BCUT2D eigenvalue weighted by Gasteiger charge is -2.14. The topological polar surface area (TPSA) is 61.5 Å². The third-order valence-electron chi connectivity index (χ3n) is 2.77. The van der Waals surface area contributed by atoms with Gasteiger partial charge in [0.1, 0.15) is 0 Å². The highest BCUT2D eigenvalue weighted by atomic mass is 35.5. The Labute approximate surface area is 90.5 Å². The van der Waals surface area contributed by atoms with E-state index in [0.717, 1.165) is 12.8 Å². The van der Waals surface area contributed by atoms with Gasteiger partial charge in [0.05, 0.1) is 19.1 Å². The zero-order valence-corrected chi connectivity index (χ0v) is 9.38. The molecule has 0 radical (unpaired) electrons. The quantitative estimate of drug-likeness (QED) is 0.712. The van der Waals surface area contributed by atoms with E-state index in [1.165, 1.54) is 7.11 Å². The maximum absolute atomic E-state index is 11.2. The van der Waals surface area contributed by atoms with Crippen molar-refractivity contribution in [2.45, 2.75) is 18.9 Å².